The van der Waals surface area contributed by atoms with Crippen LogP contribution in [0.15, 0.2) is 43.0 Å². The van der Waals surface area contributed by atoms with Gasteiger partial charge in [-0.25, -0.2) is 4.68 Å². The van der Waals surface area contributed by atoms with Gasteiger partial charge in [-0.3, -0.25) is 4.79 Å². The summed E-state index contributed by atoms with van der Waals surface area (Å²) >= 11 is 0. The molecule has 0 saturated heterocycles. The van der Waals surface area contributed by atoms with Gasteiger partial charge in [0.25, 0.3) is 5.91 Å². The second-order valence-corrected chi connectivity index (χ2v) is 4.23. The first-order chi connectivity index (χ1) is 8.65. The molecule has 1 aromatic carbocycles. The number of nitrogens with zero attached hydrogens (tertiary/aromatic N) is 2. The van der Waals surface area contributed by atoms with Crippen LogP contribution in [-0.2, 0) is 6.42 Å². The van der Waals surface area contributed by atoms with Gasteiger partial charge in [0.05, 0.1) is 5.69 Å². The van der Waals surface area contributed by atoms with Crippen molar-refractivity contribution in [3.63, 3.8) is 0 Å². The minimum atomic E-state index is -0.0912. The number of carbonyl (C=O) groups excluding carboxylic acids is 1. The maximum Gasteiger partial charge on any atom is 0.278 e. The van der Waals surface area contributed by atoms with Gasteiger partial charge >= 0.3 is 0 Å². The summed E-state index contributed by atoms with van der Waals surface area (Å²) in [7, 11) is 0. The maximum absolute atomic E-state index is 12.3. The number of carbonyl (C=O) groups is 1. The Labute approximate surface area is 107 Å². The van der Waals surface area contributed by atoms with E-state index >= 15 is 0 Å². The molecule has 2 rings (SSSR count). The largest absolute Gasteiger partial charge is 0.278 e. The summed E-state index contributed by atoms with van der Waals surface area (Å²) in [6.07, 6.45) is 2.56. The molecule has 2 aromatic rings. The first-order valence-electron chi connectivity index (χ1n) is 5.91. The second-order valence-electron chi connectivity index (χ2n) is 4.23. The fourth-order valence-corrected chi connectivity index (χ4v) is 2.02. The molecule has 3 nitrogen and oxygen atoms in total. The summed E-state index contributed by atoms with van der Waals surface area (Å²) < 4.78 is 1.48. The minimum Gasteiger partial charge on any atom is -0.267 e. The highest BCUT2D eigenvalue weighted by Crippen LogP contribution is 2.15. The van der Waals surface area contributed by atoms with E-state index in [1.54, 1.807) is 12.1 Å². The van der Waals surface area contributed by atoms with Crippen LogP contribution in [0.2, 0.25) is 0 Å². The van der Waals surface area contributed by atoms with Gasteiger partial charge in [0.1, 0.15) is 0 Å². The summed E-state index contributed by atoms with van der Waals surface area (Å²) in [4.78, 5) is 12.3. The zero-order chi connectivity index (χ0) is 13.1. The monoisotopic (exact) mass is 240 g/mol. The van der Waals surface area contributed by atoms with Crippen molar-refractivity contribution in [2.24, 2.45) is 0 Å². The van der Waals surface area contributed by atoms with Gasteiger partial charge in [-0.1, -0.05) is 24.3 Å². The first kappa shape index (κ1) is 12.3. The zero-order valence-electron chi connectivity index (χ0n) is 10.7. The van der Waals surface area contributed by atoms with E-state index < -0.39 is 0 Å². The van der Waals surface area contributed by atoms with Crippen molar-refractivity contribution in [3.8, 4) is 0 Å². The van der Waals surface area contributed by atoms with Crippen LogP contribution in [0.5, 0.6) is 0 Å². The van der Waals surface area contributed by atoms with E-state index in [1.165, 1.54) is 4.68 Å². The molecule has 0 saturated carbocycles. The van der Waals surface area contributed by atoms with Crippen LogP contribution in [0.4, 0.5) is 0 Å². The zero-order valence-corrected chi connectivity index (χ0v) is 10.7. The predicted molar refractivity (Wildman–Crippen MR) is 71.8 cm³/mol. The normalized spacial score (nSPS) is 10.3. The lowest BCUT2D eigenvalue weighted by Gasteiger charge is -2.03. The first-order valence-corrected chi connectivity index (χ1v) is 5.91. The molecule has 0 atom stereocenters. The molecular formula is C15H16N2O. The Bertz CT molecular complexity index is 582. The highest BCUT2D eigenvalue weighted by atomic mass is 16.2. The SMILES string of the molecule is C=CCc1c(C)nn(C(=O)c2ccccc2)c1C. The molecule has 0 radical (unpaired) electrons. The van der Waals surface area contributed by atoms with Crippen LogP contribution >= 0.6 is 0 Å². The third-order valence-corrected chi connectivity index (χ3v) is 3.00. The van der Waals surface area contributed by atoms with E-state index in [0.717, 1.165) is 23.4 Å². The lowest BCUT2D eigenvalue weighted by atomic mass is 10.1. The van der Waals surface area contributed by atoms with Gasteiger partial charge in [-0.2, -0.15) is 5.10 Å². The quantitative estimate of drug-likeness (QED) is 0.773. The van der Waals surface area contributed by atoms with E-state index in [9.17, 15) is 4.79 Å². The molecule has 0 fully saturated rings. The molecule has 1 aromatic heterocycles. The lowest BCUT2D eigenvalue weighted by Crippen LogP contribution is -2.15. The molecule has 0 aliphatic rings. The molecule has 0 bridgehead atoms. The van der Waals surface area contributed by atoms with Gasteiger partial charge in [0, 0.05) is 16.8 Å². The molecule has 0 unspecified atom stereocenters. The molecule has 0 aliphatic carbocycles. The average molecular weight is 240 g/mol. The van der Waals surface area contributed by atoms with Crippen LogP contribution in [-0.4, -0.2) is 15.7 Å². The van der Waals surface area contributed by atoms with Gasteiger partial charge in [-0.05, 0) is 32.4 Å². The molecule has 1 heterocycles. The Morgan fingerprint density at radius 1 is 1.33 bits per heavy atom. The van der Waals surface area contributed by atoms with Crippen molar-refractivity contribution >= 4 is 5.91 Å². The molecule has 0 spiro atoms. The molecule has 0 amide bonds. The van der Waals surface area contributed by atoms with E-state index in [2.05, 4.69) is 11.7 Å². The summed E-state index contributed by atoms with van der Waals surface area (Å²) in [5.41, 5.74) is 3.50. The van der Waals surface area contributed by atoms with Crippen LogP contribution < -0.4 is 0 Å². The molecule has 0 N–H and O–H groups in total. The molecular weight excluding hydrogens is 224 g/mol. The van der Waals surface area contributed by atoms with Gasteiger partial charge in [0.2, 0.25) is 0 Å². The van der Waals surface area contributed by atoms with Crippen molar-refractivity contribution in [3.05, 3.63) is 65.5 Å². The van der Waals surface area contributed by atoms with E-state index in [-0.39, 0.29) is 5.91 Å². The summed E-state index contributed by atoms with van der Waals surface area (Å²) in [5.74, 6) is -0.0912. The van der Waals surface area contributed by atoms with E-state index in [4.69, 9.17) is 0 Å². The topological polar surface area (TPSA) is 34.9 Å². The Morgan fingerprint density at radius 2 is 2.00 bits per heavy atom. The van der Waals surface area contributed by atoms with Crippen molar-refractivity contribution < 1.29 is 4.79 Å². The smallest absolute Gasteiger partial charge is 0.267 e. The van der Waals surface area contributed by atoms with Gasteiger partial charge in [-0.15, -0.1) is 6.58 Å². The Morgan fingerprint density at radius 3 is 2.61 bits per heavy atom. The number of aryl methyl sites for hydroxylation is 1. The Hall–Kier alpha value is -2.16. The second kappa shape index (κ2) is 5.00. The van der Waals surface area contributed by atoms with Crippen molar-refractivity contribution in [1.82, 2.24) is 9.78 Å². The molecule has 0 aliphatic heterocycles. The average Bonchev–Trinajstić information content (AvgIpc) is 2.67. The van der Waals surface area contributed by atoms with E-state index in [1.807, 2.05) is 38.1 Å². The van der Waals surface area contributed by atoms with Crippen LogP contribution in [0.3, 0.4) is 0 Å². The lowest BCUT2D eigenvalue weighted by molar-refractivity contribution is 0.0942. The van der Waals surface area contributed by atoms with Crippen molar-refractivity contribution in [2.45, 2.75) is 20.3 Å². The third-order valence-electron chi connectivity index (χ3n) is 3.00. The molecule has 92 valence electrons. The fraction of sp³-hybridized carbons (Fsp3) is 0.200. The van der Waals surface area contributed by atoms with E-state index in [0.29, 0.717) is 5.56 Å². The standard InChI is InChI=1S/C15H16N2O/c1-4-8-14-11(2)16-17(12(14)3)15(18)13-9-6-5-7-10-13/h4-7,9-10H,1,8H2,2-3H3. The number of hydrogen-bond acceptors (Lipinski definition) is 2. The number of allylic oxidation sites excluding steroid dienone is 1. The van der Waals surface area contributed by atoms with Crippen LogP contribution in [0.1, 0.15) is 27.3 Å². The Kier molecular flexibility index (Phi) is 3.42. The number of benzene rings is 1. The maximum atomic E-state index is 12.3. The highest BCUT2D eigenvalue weighted by molar-refractivity contribution is 5.95. The Balaban J connectivity index is 2.43. The molecule has 3 heteroatoms. The number of hydrogen-bond donors (Lipinski definition) is 0. The number of aromatic nitrogens is 2. The summed E-state index contributed by atoms with van der Waals surface area (Å²) in [6.45, 7) is 7.56. The third kappa shape index (κ3) is 2.12. The molecule has 18 heavy (non-hydrogen) atoms. The highest BCUT2D eigenvalue weighted by Gasteiger charge is 2.16. The minimum absolute atomic E-state index is 0.0912. The van der Waals surface area contributed by atoms with Crippen molar-refractivity contribution in [1.29, 1.82) is 0 Å². The van der Waals surface area contributed by atoms with Crippen LogP contribution in [0, 0.1) is 13.8 Å². The summed E-state index contributed by atoms with van der Waals surface area (Å²) in [6, 6.07) is 9.19. The van der Waals surface area contributed by atoms with Gasteiger partial charge < -0.3 is 0 Å². The van der Waals surface area contributed by atoms with Crippen molar-refractivity contribution in [2.75, 3.05) is 0 Å². The summed E-state index contributed by atoms with van der Waals surface area (Å²) in [5, 5.41) is 4.32. The predicted octanol–water partition coefficient (Wildman–Crippen LogP) is 2.92. The number of rotatable bonds is 3. The fourth-order valence-electron chi connectivity index (χ4n) is 2.02. The van der Waals surface area contributed by atoms with Crippen LogP contribution in [0.25, 0.3) is 0 Å². The van der Waals surface area contributed by atoms with Gasteiger partial charge in [0.15, 0.2) is 0 Å².